The summed E-state index contributed by atoms with van der Waals surface area (Å²) in [7, 11) is 0. The van der Waals surface area contributed by atoms with E-state index in [1.165, 1.54) is 0 Å². The van der Waals surface area contributed by atoms with Crippen LogP contribution in [0, 0.1) is 0 Å². The number of ether oxygens (including phenoxy) is 4. The SMILES string of the molecule is BrC1O[C@H](COCc2ccccc2)[C@H](OCc2ccccc2)C[C@H]1OCc1ccccc1. The highest BCUT2D eigenvalue weighted by atomic mass is 79.9. The van der Waals surface area contributed by atoms with E-state index in [1.807, 2.05) is 54.6 Å². The Morgan fingerprint density at radius 2 is 1.12 bits per heavy atom. The summed E-state index contributed by atoms with van der Waals surface area (Å²) in [5.74, 6) is 0. The van der Waals surface area contributed by atoms with Crippen molar-refractivity contribution in [1.29, 1.82) is 0 Å². The summed E-state index contributed by atoms with van der Waals surface area (Å²) in [6.45, 7) is 2.08. The molecule has 1 fully saturated rings. The van der Waals surface area contributed by atoms with Gasteiger partial charge in [0.15, 0.2) is 0 Å². The molecular formula is C27H29BrO4. The van der Waals surface area contributed by atoms with Crippen molar-refractivity contribution in [3.8, 4) is 0 Å². The van der Waals surface area contributed by atoms with E-state index in [-0.39, 0.29) is 23.3 Å². The normalized spacial score (nSPS) is 23.2. The molecule has 0 N–H and O–H groups in total. The largest absolute Gasteiger partial charge is 0.374 e. The van der Waals surface area contributed by atoms with E-state index < -0.39 is 0 Å². The fourth-order valence-electron chi connectivity index (χ4n) is 3.72. The van der Waals surface area contributed by atoms with E-state index in [9.17, 15) is 0 Å². The second kappa shape index (κ2) is 12.3. The molecule has 4 atom stereocenters. The van der Waals surface area contributed by atoms with Gasteiger partial charge < -0.3 is 18.9 Å². The second-order valence-electron chi connectivity index (χ2n) is 7.93. The number of hydrogen-bond donors (Lipinski definition) is 0. The lowest BCUT2D eigenvalue weighted by molar-refractivity contribution is -0.189. The number of alkyl halides is 1. The molecule has 5 heteroatoms. The lowest BCUT2D eigenvalue weighted by Crippen LogP contribution is -2.48. The first-order valence-electron chi connectivity index (χ1n) is 11.0. The minimum absolute atomic E-state index is 0.110. The standard InChI is InChI=1S/C27H29BrO4/c28-27-25(31-19-23-14-8-3-9-15-23)16-24(30-18-22-12-6-2-7-13-22)26(32-27)20-29-17-21-10-4-1-5-11-21/h1-15,24-27H,16-20H2/t24-,25-,26-,27?/m1/s1. The third kappa shape index (κ3) is 6.99. The fraction of sp³-hybridized carbons (Fsp3) is 0.333. The molecule has 3 aromatic rings. The zero-order valence-electron chi connectivity index (χ0n) is 18.0. The van der Waals surface area contributed by atoms with Crippen LogP contribution >= 0.6 is 15.9 Å². The average Bonchev–Trinajstić information content (AvgIpc) is 2.85. The van der Waals surface area contributed by atoms with Crippen LogP contribution in [-0.4, -0.2) is 29.9 Å². The first-order valence-corrected chi connectivity index (χ1v) is 11.9. The van der Waals surface area contributed by atoms with Gasteiger partial charge in [0, 0.05) is 6.42 Å². The Morgan fingerprint density at radius 1 is 0.656 bits per heavy atom. The molecule has 168 valence electrons. The van der Waals surface area contributed by atoms with Crippen LogP contribution in [0.25, 0.3) is 0 Å². The van der Waals surface area contributed by atoms with Crippen molar-refractivity contribution >= 4 is 15.9 Å². The van der Waals surface area contributed by atoms with Crippen molar-refractivity contribution < 1.29 is 18.9 Å². The molecule has 0 saturated carbocycles. The van der Waals surface area contributed by atoms with Crippen LogP contribution in [0.15, 0.2) is 91.0 Å². The molecule has 1 saturated heterocycles. The molecule has 1 heterocycles. The molecule has 1 aliphatic rings. The molecule has 0 bridgehead atoms. The Labute approximate surface area is 198 Å². The zero-order valence-corrected chi connectivity index (χ0v) is 19.6. The Balaban J connectivity index is 1.36. The van der Waals surface area contributed by atoms with Crippen LogP contribution in [0.1, 0.15) is 23.1 Å². The average molecular weight is 497 g/mol. The van der Waals surface area contributed by atoms with Gasteiger partial charge in [-0.05, 0) is 16.7 Å². The highest BCUT2D eigenvalue weighted by Crippen LogP contribution is 2.30. The molecule has 1 unspecified atom stereocenters. The van der Waals surface area contributed by atoms with Crippen molar-refractivity contribution in [1.82, 2.24) is 0 Å². The maximum Gasteiger partial charge on any atom is 0.139 e. The first kappa shape index (κ1) is 23.1. The number of hydrogen-bond acceptors (Lipinski definition) is 4. The van der Waals surface area contributed by atoms with Gasteiger partial charge in [-0.2, -0.15) is 0 Å². The third-order valence-corrected chi connectivity index (χ3v) is 6.29. The molecule has 0 aromatic heterocycles. The summed E-state index contributed by atoms with van der Waals surface area (Å²) < 4.78 is 24.8. The molecule has 32 heavy (non-hydrogen) atoms. The topological polar surface area (TPSA) is 36.9 Å². The van der Waals surface area contributed by atoms with E-state index in [0.717, 1.165) is 23.1 Å². The van der Waals surface area contributed by atoms with Crippen molar-refractivity contribution in [2.45, 2.75) is 49.6 Å². The zero-order chi connectivity index (χ0) is 22.0. The van der Waals surface area contributed by atoms with E-state index in [4.69, 9.17) is 18.9 Å². The van der Waals surface area contributed by atoms with Crippen LogP contribution in [-0.2, 0) is 38.8 Å². The van der Waals surface area contributed by atoms with Crippen LogP contribution in [0.4, 0.5) is 0 Å². The van der Waals surface area contributed by atoms with Gasteiger partial charge in [-0.15, -0.1) is 0 Å². The third-order valence-electron chi connectivity index (χ3n) is 5.48. The summed E-state index contributed by atoms with van der Waals surface area (Å²) in [5, 5.41) is -0.215. The molecule has 3 aromatic carbocycles. The quantitative estimate of drug-likeness (QED) is 0.328. The summed E-state index contributed by atoms with van der Waals surface area (Å²) >= 11 is 3.67. The molecule has 1 aliphatic heterocycles. The summed E-state index contributed by atoms with van der Waals surface area (Å²) in [5.41, 5.74) is 3.42. The van der Waals surface area contributed by atoms with Crippen molar-refractivity contribution in [2.75, 3.05) is 6.61 Å². The van der Waals surface area contributed by atoms with Gasteiger partial charge in [-0.1, -0.05) is 107 Å². The van der Waals surface area contributed by atoms with Gasteiger partial charge in [0.1, 0.15) is 11.1 Å². The highest BCUT2D eigenvalue weighted by molar-refractivity contribution is 9.09. The molecule has 0 radical (unpaired) electrons. The van der Waals surface area contributed by atoms with Crippen molar-refractivity contribution in [3.63, 3.8) is 0 Å². The van der Waals surface area contributed by atoms with Crippen LogP contribution < -0.4 is 0 Å². The summed E-state index contributed by atoms with van der Waals surface area (Å²) in [4.78, 5) is 0. The first-order chi connectivity index (χ1) is 15.8. The minimum Gasteiger partial charge on any atom is -0.374 e. The molecular weight excluding hydrogens is 468 g/mol. The number of benzene rings is 3. The Kier molecular flexibility index (Phi) is 8.88. The van der Waals surface area contributed by atoms with Gasteiger partial charge in [0.05, 0.1) is 38.6 Å². The lowest BCUT2D eigenvalue weighted by atomic mass is 10.0. The maximum absolute atomic E-state index is 6.31. The van der Waals surface area contributed by atoms with E-state index in [1.54, 1.807) is 0 Å². The van der Waals surface area contributed by atoms with E-state index >= 15 is 0 Å². The monoisotopic (exact) mass is 496 g/mol. The fourth-order valence-corrected chi connectivity index (χ4v) is 4.36. The smallest absolute Gasteiger partial charge is 0.139 e. The molecule has 0 amide bonds. The van der Waals surface area contributed by atoms with Gasteiger partial charge in [0.2, 0.25) is 0 Å². The summed E-state index contributed by atoms with van der Waals surface area (Å²) in [6.07, 6.45) is 0.319. The Hall–Kier alpha value is -2.02. The van der Waals surface area contributed by atoms with Crippen LogP contribution in [0.2, 0.25) is 0 Å². The molecule has 0 aliphatic carbocycles. The summed E-state index contributed by atoms with van der Waals surface area (Å²) in [6, 6.07) is 30.5. The van der Waals surface area contributed by atoms with Gasteiger partial charge in [0.25, 0.3) is 0 Å². The number of rotatable bonds is 10. The van der Waals surface area contributed by atoms with Crippen LogP contribution in [0.5, 0.6) is 0 Å². The maximum atomic E-state index is 6.31. The predicted molar refractivity (Wildman–Crippen MR) is 128 cm³/mol. The van der Waals surface area contributed by atoms with E-state index in [2.05, 4.69) is 52.3 Å². The van der Waals surface area contributed by atoms with Crippen LogP contribution in [0.3, 0.4) is 0 Å². The second-order valence-corrected chi connectivity index (χ2v) is 8.83. The van der Waals surface area contributed by atoms with E-state index in [0.29, 0.717) is 26.4 Å². The van der Waals surface area contributed by atoms with Crippen molar-refractivity contribution in [2.24, 2.45) is 0 Å². The van der Waals surface area contributed by atoms with Gasteiger partial charge in [-0.3, -0.25) is 0 Å². The highest BCUT2D eigenvalue weighted by Gasteiger charge is 2.38. The van der Waals surface area contributed by atoms with Gasteiger partial charge in [-0.25, -0.2) is 0 Å². The number of halogens is 1. The lowest BCUT2D eigenvalue weighted by Gasteiger charge is -2.39. The van der Waals surface area contributed by atoms with Crippen molar-refractivity contribution in [3.05, 3.63) is 108 Å². The molecule has 4 rings (SSSR count). The Morgan fingerprint density at radius 3 is 1.66 bits per heavy atom. The predicted octanol–water partition coefficient (Wildman–Crippen LogP) is 5.88. The minimum atomic E-state index is -0.215. The molecule has 4 nitrogen and oxygen atoms in total. The Bertz CT molecular complexity index is 907. The van der Waals surface area contributed by atoms with Gasteiger partial charge >= 0.3 is 0 Å². The molecule has 0 spiro atoms.